The van der Waals surface area contributed by atoms with Crippen molar-refractivity contribution in [3.63, 3.8) is 0 Å². The average Bonchev–Trinajstić information content (AvgIpc) is 3.21. The Kier molecular flexibility index (Phi) is 5.64. The zero-order chi connectivity index (χ0) is 20.2. The number of nitrogens with one attached hydrogen (secondary N) is 1. The summed E-state index contributed by atoms with van der Waals surface area (Å²) in [5.74, 6) is 0.684. The lowest BCUT2D eigenvalue weighted by molar-refractivity contribution is 0.276. The molecule has 0 aliphatic heterocycles. The highest BCUT2D eigenvalue weighted by Crippen LogP contribution is 2.26. The van der Waals surface area contributed by atoms with E-state index in [1.165, 1.54) is 0 Å². The molecule has 6 nitrogen and oxygen atoms in total. The number of nitrogens with zero attached hydrogens (tertiary/aromatic N) is 4. The van der Waals surface area contributed by atoms with E-state index in [9.17, 15) is 5.11 Å². The highest BCUT2D eigenvalue weighted by atomic mass is 16.3. The van der Waals surface area contributed by atoms with Crippen molar-refractivity contribution in [1.29, 1.82) is 0 Å². The molecule has 0 radical (unpaired) electrons. The van der Waals surface area contributed by atoms with Crippen LogP contribution in [0.15, 0.2) is 60.8 Å². The van der Waals surface area contributed by atoms with Crippen LogP contribution >= 0.6 is 0 Å². The molecule has 0 aliphatic carbocycles. The number of aliphatic hydroxyl groups excluding tert-OH is 1. The van der Waals surface area contributed by atoms with E-state index >= 15 is 0 Å². The molecule has 1 unspecified atom stereocenters. The van der Waals surface area contributed by atoms with Crippen LogP contribution in [-0.2, 0) is 6.61 Å². The van der Waals surface area contributed by atoms with E-state index in [4.69, 9.17) is 4.98 Å². The summed E-state index contributed by atoms with van der Waals surface area (Å²) < 4.78 is 1.80. The third-order valence-electron chi connectivity index (χ3n) is 5.09. The number of fused-ring (bicyclic) bond motifs is 1. The van der Waals surface area contributed by atoms with Crippen LogP contribution in [0.25, 0.3) is 28.0 Å². The Morgan fingerprint density at radius 2 is 1.93 bits per heavy atom. The van der Waals surface area contributed by atoms with Crippen molar-refractivity contribution < 1.29 is 5.11 Å². The maximum atomic E-state index is 9.39. The molecule has 3 heterocycles. The van der Waals surface area contributed by atoms with E-state index < -0.39 is 0 Å². The van der Waals surface area contributed by atoms with Crippen molar-refractivity contribution in [3.05, 3.63) is 72.2 Å². The normalized spacial score (nSPS) is 12.4. The van der Waals surface area contributed by atoms with Gasteiger partial charge in [-0.25, -0.2) is 9.67 Å². The monoisotopic (exact) mass is 387 g/mol. The highest BCUT2D eigenvalue weighted by Gasteiger charge is 2.12. The van der Waals surface area contributed by atoms with Crippen LogP contribution in [0, 0.1) is 0 Å². The molecule has 0 saturated carbocycles. The van der Waals surface area contributed by atoms with Gasteiger partial charge in [-0.2, -0.15) is 5.10 Å². The van der Waals surface area contributed by atoms with Gasteiger partial charge in [0.2, 0.25) is 0 Å². The number of aliphatic hydroxyl groups is 1. The number of aromatic nitrogens is 4. The minimum absolute atomic E-state index is 0.0978. The molecule has 148 valence electrons. The summed E-state index contributed by atoms with van der Waals surface area (Å²) in [7, 11) is 1.98. The van der Waals surface area contributed by atoms with Gasteiger partial charge >= 0.3 is 0 Å². The second kappa shape index (κ2) is 8.51. The SMILES string of the molecule is CCCC(NC)c1cccc(-c2ccc3cnn(-c4cccc(CO)n4)c3c2)n1. The van der Waals surface area contributed by atoms with Gasteiger partial charge in [0.15, 0.2) is 5.82 Å². The molecule has 29 heavy (non-hydrogen) atoms. The number of pyridine rings is 2. The fourth-order valence-electron chi connectivity index (χ4n) is 3.57. The van der Waals surface area contributed by atoms with Crippen LogP contribution in [0.3, 0.4) is 0 Å². The molecule has 2 N–H and O–H groups in total. The third kappa shape index (κ3) is 3.90. The summed E-state index contributed by atoms with van der Waals surface area (Å²) in [6.45, 7) is 2.09. The van der Waals surface area contributed by atoms with Crippen LogP contribution < -0.4 is 5.32 Å². The van der Waals surface area contributed by atoms with Crippen molar-refractivity contribution in [2.45, 2.75) is 32.4 Å². The van der Waals surface area contributed by atoms with Gasteiger partial charge in [-0.05, 0) is 43.8 Å². The molecule has 0 saturated heterocycles. The quantitative estimate of drug-likeness (QED) is 0.501. The van der Waals surface area contributed by atoms with E-state index in [0.29, 0.717) is 11.5 Å². The van der Waals surface area contributed by atoms with Crippen LogP contribution in [0.4, 0.5) is 0 Å². The zero-order valence-electron chi connectivity index (χ0n) is 16.7. The molecule has 4 rings (SSSR count). The number of hydrogen-bond donors (Lipinski definition) is 2. The lowest BCUT2D eigenvalue weighted by Crippen LogP contribution is -2.17. The minimum Gasteiger partial charge on any atom is -0.390 e. The predicted molar refractivity (Wildman–Crippen MR) is 115 cm³/mol. The van der Waals surface area contributed by atoms with Gasteiger partial charge in [0.25, 0.3) is 0 Å². The smallest absolute Gasteiger partial charge is 0.154 e. The first-order valence-electron chi connectivity index (χ1n) is 9.93. The summed E-state index contributed by atoms with van der Waals surface area (Å²) in [5, 5.41) is 18.3. The van der Waals surface area contributed by atoms with Gasteiger partial charge in [0.1, 0.15) is 0 Å². The fourth-order valence-corrected chi connectivity index (χ4v) is 3.57. The van der Waals surface area contributed by atoms with Gasteiger partial charge in [0.05, 0.1) is 35.4 Å². The summed E-state index contributed by atoms with van der Waals surface area (Å²) >= 11 is 0. The van der Waals surface area contributed by atoms with Crippen LogP contribution in [0.2, 0.25) is 0 Å². The van der Waals surface area contributed by atoms with E-state index in [0.717, 1.165) is 40.7 Å². The average molecular weight is 387 g/mol. The van der Waals surface area contributed by atoms with Crippen LogP contribution in [0.1, 0.15) is 37.2 Å². The Morgan fingerprint density at radius 3 is 2.72 bits per heavy atom. The highest BCUT2D eigenvalue weighted by molar-refractivity contribution is 5.84. The topological polar surface area (TPSA) is 75.9 Å². The maximum Gasteiger partial charge on any atom is 0.154 e. The van der Waals surface area contributed by atoms with Gasteiger partial charge in [0, 0.05) is 17.0 Å². The van der Waals surface area contributed by atoms with Gasteiger partial charge in [-0.3, -0.25) is 4.98 Å². The molecule has 0 aliphatic rings. The van der Waals surface area contributed by atoms with Crippen molar-refractivity contribution in [3.8, 4) is 17.1 Å². The molecule has 0 fully saturated rings. The number of hydrogen-bond acceptors (Lipinski definition) is 5. The summed E-state index contributed by atoms with van der Waals surface area (Å²) in [6.07, 6.45) is 3.97. The fraction of sp³-hybridized carbons (Fsp3) is 0.261. The summed E-state index contributed by atoms with van der Waals surface area (Å²) in [6, 6.07) is 18.2. The Morgan fingerprint density at radius 1 is 1.07 bits per heavy atom. The van der Waals surface area contributed by atoms with Gasteiger partial charge in [-0.15, -0.1) is 0 Å². The van der Waals surface area contributed by atoms with Gasteiger partial charge in [-0.1, -0.05) is 37.6 Å². The number of benzene rings is 1. The Balaban J connectivity index is 1.76. The second-order valence-electron chi connectivity index (χ2n) is 7.05. The standard InChI is InChI=1S/C23H25N5O/c1-3-6-20(24-2)21-9-5-8-19(27-21)16-11-12-17-14-25-28(22(17)13-16)23-10-4-7-18(15-29)26-23/h4-5,7-14,20,24,29H,3,6,15H2,1-2H3. The molecule has 0 spiro atoms. The third-order valence-corrected chi connectivity index (χ3v) is 5.09. The summed E-state index contributed by atoms with van der Waals surface area (Å²) in [5.41, 5.74) is 4.59. The van der Waals surface area contributed by atoms with E-state index in [1.807, 2.05) is 31.4 Å². The zero-order valence-corrected chi connectivity index (χ0v) is 16.7. The van der Waals surface area contributed by atoms with Crippen molar-refractivity contribution >= 4 is 10.9 Å². The Bertz CT molecular complexity index is 1120. The Labute approximate surface area is 170 Å². The minimum atomic E-state index is -0.0978. The molecular formula is C23H25N5O. The van der Waals surface area contributed by atoms with Gasteiger partial charge < -0.3 is 10.4 Å². The van der Waals surface area contributed by atoms with Crippen LogP contribution in [-0.4, -0.2) is 31.9 Å². The largest absolute Gasteiger partial charge is 0.390 e. The van der Waals surface area contributed by atoms with Crippen LogP contribution in [0.5, 0.6) is 0 Å². The van der Waals surface area contributed by atoms with E-state index in [1.54, 1.807) is 10.7 Å². The molecule has 0 bridgehead atoms. The maximum absolute atomic E-state index is 9.39. The summed E-state index contributed by atoms with van der Waals surface area (Å²) in [4.78, 5) is 9.39. The van der Waals surface area contributed by atoms with Crippen molar-refractivity contribution in [2.75, 3.05) is 7.05 Å². The molecule has 1 atom stereocenters. The molecule has 1 aromatic carbocycles. The Hall–Kier alpha value is -3.09. The lowest BCUT2D eigenvalue weighted by atomic mass is 10.1. The molecule has 0 amide bonds. The second-order valence-corrected chi connectivity index (χ2v) is 7.05. The first-order valence-corrected chi connectivity index (χ1v) is 9.93. The predicted octanol–water partition coefficient (Wildman–Crippen LogP) is 4.04. The first-order chi connectivity index (χ1) is 14.2. The first kappa shape index (κ1) is 19.2. The van der Waals surface area contributed by atoms with Crippen molar-refractivity contribution in [1.82, 2.24) is 25.1 Å². The molecular weight excluding hydrogens is 362 g/mol. The lowest BCUT2D eigenvalue weighted by Gasteiger charge is -2.15. The van der Waals surface area contributed by atoms with Crippen molar-refractivity contribution in [2.24, 2.45) is 0 Å². The molecule has 3 aromatic heterocycles. The number of rotatable bonds is 7. The van der Waals surface area contributed by atoms with E-state index in [2.05, 4.69) is 52.7 Å². The molecule has 4 aromatic rings. The van der Waals surface area contributed by atoms with E-state index in [-0.39, 0.29) is 12.6 Å². The molecule has 6 heteroatoms.